The number of aromatic nitrogens is 1. The first kappa shape index (κ1) is 19.9. The first-order valence-electron chi connectivity index (χ1n) is 9.70. The Hall–Kier alpha value is -2.89. The summed E-state index contributed by atoms with van der Waals surface area (Å²) in [5.41, 5.74) is 4.55. The molecule has 0 unspecified atom stereocenters. The van der Waals surface area contributed by atoms with Crippen molar-refractivity contribution in [2.45, 2.75) is 33.6 Å². The topological polar surface area (TPSA) is 65.5 Å². The highest BCUT2D eigenvalue weighted by Gasteiger charge is 2.23. The molecular formula is C22H28N4O2. The molecule has 28 heavy (non-hydrogen) atoms. The van der Waals surface area contributed by atoms with Gasteiger partial charge in [0.1, 0.15) is 5.82 Å². The predicted molar refractivity (Wildman–Crippen MR) is 112 cm³/mol. The van der Waals surface area contributed by atoms with Crippen LogP contribution in [0, 0.1) is 20.8 Å². The molecule has 1 aliphatic rings. The number of carbonyl (C=O) groups excluding carboxylic acids is 2. The molecule has 0 spiro atoms. The van der Waals surface area contributed by atoms with Crippen LogP contribution in [-0.2, 0) is 4.79 Å². The molecule has 0 aliphatic carbocycles. The lowest BCUT2D eigenvalue weighted by Crippen LogP contribution is -2.36. The summed E-state index contributed by atoms with van der Waals surface area (Å²) in [6, 6.07) is 7.62. The van der Waals surface area contributed by atoms with Crippen LogP contribution in [0.3, 0.4) is 0 Å². The number of rotatable bonds is 5. The summed E-state index contributed by atoms with van der Waals surface area (Å²) in [5, 5.41) is 2.95. The fraction of sp³-hybridized carbons (Fsp3) is 0.409. The van der Waals surface area contributed by atoms with Crippen molar-refractivity contribution in [1.29, 1.82) is 0 Å². The van der Waals surface area contributed by atoms with E-state index in [4.69, 9.17) is 0 Å². The quantitative estimate of drug-likeness (QED) is 0.864. The number of amides is 2. The van der Waals surface area contributed by atoms with Gasteiger partial charge in [-0.05, 0) is 56.9 Å². The number of hydrogen-bond donors (Lipinski definition) is 1. The number of benzene rings is 1. The van der Waals surface area contributed by atoms with Gasteiger partial charge in [-0.1, -0.05) is 17.7 Å². The Kier molecular flexibility index (Phi) is 5.97. The summed E-state index contributed by atoms with van der Waals surface area (Å²) in [6.45, 7) is 7.79. The molecule has 148 valence electrons. The second-order valence-corrected chi connectivity index (χ2v) is 7.55. The Labute approximate surface area is 166 Å². The molecule has 1 N–H and O–H groups in total. The molecule has 2 amide bonds. The number of anilines is 2. The van der Waals surface area contributed by atoms with Crippen LogP contribution in [0.25, 0.3) is 0 Å². The fourth-order valence-corrected chi connectivity index (χ4v) is 3.79. The zero-order valence-corrected chi connectivity index (χ0v) is 17.1. The smallest absolute Gasteiger partial charge is 0.257 e. The summed E-state index contributed by atoms with van der Waals surface area (Å²) in [4.78, 5) is 33.5. The predicted octanol–water partition coefficient (Wildman–Crippen LogP) is 3.32. The lowest BCUT2D eigenvalue weighted by Gasteiger charge is -2.23. The number of nitrogens with zero attached hydrogens (tertiary/aromatic N) is 3. The molecule has 1 aromatic heterocycles. The van der Waals surface area contributed by atoms with Gasteiger partial charge in [-0.2, -0.15) is 0 Å². The molecule has 0 radical (unpaired) electrons. The number of aryl methyl sites for hydroxylation is 3. The Morgan fingerprint density at radius 3 is 2.43 bits per heavy atom. The molecule has 6 nitrogen and oxygen atoms in total. The van der Waals surface area contributed by atoms with Crippen molar-refractivity contribution in [2.24, 2.45) is 0 Å². The maximum atomic E-state index is 13.0. The number of hydrogen-bond acceptors (Lipinski definition) is 4. The van der Waals surface area contributed by atoms with Crippen molar-refractivity contribution in [3.63, 3.8) is 0 Å². The van der Waals surface area contributed by atoms with Crippen LogP contribution in [0.15, 0.2) is 30.5 Å². The van der Waals surface area contributed by atoms with Crippen LogP contribution in [0.1, 0.15) is 39.9 Å². The van der Waals surface area contributed by atoms with Crippen LogP contribution < -0.4 is 10.2 Å². The van der Waals surface area contributed by atoms with Crippen molar-refractivity contribution in [2.75, 3.05) is 36.9 Å². The third-order valence-electron chi connectivity index (χ3n) is 5.09. The Morgan fingerprint density at radius 2 is 1.79 bits per heavy atom. The molecule has 0 atom stereocenters. The number of carbonyl (C=O) groups is 2. The van der Waals surface area contributed by atoms with E-state index in [0.29, 0.717) is 11.4 Å². The number of pyridine rings is 1. The molecule has 3 rings (SSSR count). The molecule has 0 bridgehead atoms. The van der Waals surface area contributed by atoms with Gasteiger partial charge >= 0.3 is 0 Å². The zero-order chi connectivity index (χ0) is 20.3. The van der Waals surface area contributed by atoms with E-state index in [1.165, 1.54) is 4.90 Å². The summed E-state index contributed by atoms with van der Waals surface area (Å²) in [7, 11) is 1.65. The van der Waals surface area contributed by atoms with Crippen LogP contribution in [0.4, 0.5) is 11.5 Å². The average molecular weight is 380 g/mol. The minimum atomic E-state index is -0.211. The van der Waals surface area contributed by atoms with E-state index < -0.39 is 0 Å². The minimum absolute atomic E-state index is 0.0140. The van der Waals surface area contributed by atoms with Gasteiger partial charge in [0, 0.05) is 32.0 Å². The van der Waals surface area contributed by atoms with Crippen LogP contribution in [-0.4, -0.2) is 48.4 Å². The molecule has 2 aromatic rings. The SMILES string of the molecule is Cc1cc(C)c(NC(=O)CN(C)C(=O)c2cccnc2N2CCCC2)c(C)c1. The standard InChI is InChI=1S/C22H28N4O2/c1-15-12-16(2)20(17(3)13-15)24-19(27)14-25(4)22(28)18-8-7-9-23-21(18)26-10-5-6-11-26/h7-9,12-13H,5-6,10-11,14H2,1-4H3,(H,24,27). The van der Waals surface area contributed by atoms with Crippen LogP contribution in [0.5, 0.6) is 0 Å². The largest absolute Gasteiger partial charge is 0.356 e. The van der Waals surface area contributed by atoms with Crippen molar-refractivity contribution in [1.82, 2.24) is 9.88 Å². The van der Waals surface area contributed by atoms with E-state index in [1.54, 1.807) is 25.4 Å². The van der Waals surface area contributed by atoms with Gasteiger partial charge in [-0.25, -0.2) is 4.98 Å². The molecule has 1 fully saturated rings. The lowest BCUT2D eigenvalue weighted by atomic mass is 10.1. The number of nitrogens with one attached hydrogen (secondary N) is 1. The highest BCUT2D eigenvalue weighted by atomic mass is 16.2. The molecule has 1 aliphatic heterocycles. The molecule has 1 aromatic carbocycles. The maximum Gasteiger partial charge on any atom is 0.257 e. The van der Waals surface area contributed by atoms with E-state index in [9.17, 15) is 9.59 Å². The lowest BCUT2D eigenvalue weighted by molar-refractivity contribution is -0.116. The minimum Gasteiger partial charge on any atom is -0.356 e. The summed E-state index contributed by atoms with van der Waals surface area (Å²) in [6.07, 6.45) is 3.93. The molecular weight excluding hydrogens is 352 g/mol. The van der Waals surface area contributed by atoms with Gasteiger partial charge in [-0.15, -0.1) is 0 Å². The second kappa shape index (κ2) is 8.42. The Balaban J connectivity index is 1.70. The monoisotopic (exact) mass is 380 g/mol. The highest BCUT2D eigenvalue weighted by Crippen LogP contribution is 2.24. The van der Waals surface area contributed by atoms with Gasteiger partial charge in [0.15, 0.2) is 0 Å². The van der Waals surface area contributed by atoms with E-state index in [1.807, 2.05) is 32.9 Å². The first-order chi connectivity index (χ1) is 13.4. The Bertz CT molecular complexity index is 865. The van der Waals surface area contributed by atoms with E-state index >= 15 is 0 Å². The van der Waals surface area contributed by atoms with Gasteiger partial charge in [0.2, 0.25) is 5.91 Å². The summed E-state index contributed by atoms with van der Waals surface area (Å²) in [5.74, 6) is 0.308. The average Bonchev–Trinajstić information content (AvgIpc) is 3.18. The summed E-state index contributed by atoms with van der Waals surface area (Å²) < 4.78 is 0. The van der Waals surface area contributed by atoms with E-state index in [-0.39, 0.29) is 18.4 Å². The number of likely N-dealkylation sites (N-methyl/N-ethyl adjacent to an activating group) is 1. The van der Waals surface area contributed by atoms with Crippen LogP contribution in [0.2, 0.25) is 0 Å². The van der Waals surface area contributed by atoms with Gasteiger partial charge in [0.05, 0.1) is 12.1 Å². The molecule has 1 saturated heterocycles. The van der Waals surface area contributed by atoms with Crippen LogP contribution >= 0.6 is 0 Å². The van der Waals surface area contributed by atoms with Crippen molar-refractivity contribution in [3.05, 3.63) is 52.7 Å². The third-order valence-corrected chi connectivity index (χ3v) is 5.09. The van der Waals surface area contributed by atoms with E-state index in [0.717, 1.165) is 48.3 Å². The van der Waals surface area contributed by atoms with Crippen molar-refractivity contribution >= 4 is 23.3 Å². The van der Waals surface area contributed by atoms with Gasteiger partial charge < -0.3 is 15.1 Å². The van der Waals surface area contributed by atoms with Crippen molar-refractivity contribution in [3.8, 4) is 0 Å². The zero-order valence-electron chi connectivity index (χ0n) is 17.1. The first-order valence-corrected chi connectivity index (χ1v) is 9.70. The molecule has 6 heteroatoms. The summed E-state index contributed by atoms with van der Waals surface area (Å²) >= 11 is 0. The second-order valence-electron chi connectivity index (χ2n) is 7.55. The normalized spacial score (nSPS) is 13.5. The van der Waals surface area contributed by atoms with Gasteiger partial charge in [0.25, 0.3) is 5.91 Å². The maximum absolute atomic E-state index is 13.0. The Morgan fingerprint density at radius 1 is 1.14 bits per heavy atom. The third kappa shape index (κ3) is 4.32. The van der Waals surface area contributed by atoms with E-state index in [2.05, 4.69) is 15.2 Å². The molecule has 0 saturated carbocycles. The fourth-order valence-electron chi connectivity index (χ4n) is 3.79. The molecule has 2 heterocycles. The van der Waals surface area contributed by atoms with Gasteiger partial charge in [-0.3, -0.25) is 9.59 Å². The van der Waals surface area contributed by atoms with Crippen molar-refractivity contribution < 1.29 is 9.59 Å². The highest BCUT2D eigenvalue weighted by molar-refractivity contribution is 6.02.